The molecule has 0 N–H and O–H groups in total. The Labute approximate surface area is 144 Å². The molecule has 0 saturated carbocycles. The Hall–Kier alpha value is -1.71. The van der Waals surface area contributed by atoms with Crippen molar-refractivity contribution in [2.24, 2.45) is 0 Å². The highest BCUT2D eigenvalue weighted by molar-refractivity contribution is 7.11. The van der Waals surface area contributed by atoms with E-state index in [1.54, 1.807) is 20.8 Å². The van der Waals surface area contributed by atoms with E-state index in [0.717, 1.165) is 12.3 Å². The van der Waals surface area contributed by atoms with E-state index >= 15 is 0 Å². The molecule has 0 fully saturated rings. The summed E-state index contributed by atoms with van der Waals surface area (Å²) in [7, 11) is 0. The van der Waals surface area contributed by atoms with Crippen LogP contribution in [-0.4, -0.2) is 15.0 Å². The largest absolute Gasteiger partial charge is 0.433 e. The molecule has 3 nitrogen and oxygen atoms in total. The lowest BCUT2D eigenvalue weighted by atomic mass is 10.0. The summed E-state index contributed by atoms with van der Waals surface area (Å²) in [6, 6.07) is 0.834. The molecule has 0 aromatic carbocycles. The number of thiazole rings is 1. The molecule has 25 heavy (non-hydrogen) atoms. The number of alkyl halides is 6. The molecule has 0 saturated heterocycles. The van der Waals surface area contributed by atoms with Gasteiger partial charge in [0.2, 0.25) is 0 Å². The average Bonchev–Trinajstić information content (AvgIpc) is 2.95. The fourth-order valence-electron chi connectivity index (χ4n) is 2.07. The standard InChI is InChI=1S/C15H15F6N3S/c1-7(2)12-23-9(5-10(24-12)14(16,17)18)4-8(3)13-22-6-11(25-13)15(19,20)21/h5-8H,4H2,1-3H3. The smallest absolute Gasteiger partial charge is 0.249 e. The Bertz CT molecular complexity index is 736. The molecule has 0 radical (unpaired) electrons. The molecule has 2 rings (SSSR count). The Kier molecular flexibility index (Phi) is 5.41. The molecule has 138 valence electrons. The van der Waals surface area contributed by atoms with Gasteiger partial charge >= 0.3 is 12.4 Å². The van der Waals surface area contributed by atoms with E-state index < -0.39 is 28.8 Å². The highest BCUT2D eigenvalue weighted by Crippen LogP contribution is 2.36. The minimum atomic E-state index is -4.62. The summed E-state index contributed by atoms with van der Waals surface area (Å²) in [5.74, 6) is -0.766. The maximum Gasteiger partial charge on any atom is 0.433 e. The molecule has 0 aliphatic rings. The zero-order valence-corrected chi connectivity index (χ0v) is 14.4. The van der Waals surface area contributed by atoms with E-state index in [2.05, 4.69) is 15.0 Å². The van der Waals surface area contributed by atoms with Gasteiger partial charge in [0.25, 0.3) is 0 Å². The molecule has 10 heteroatoms. The minimum absolute atomic E-state index is 0.0378. The van der Waals surface area contributed by atoms with Gasteiger partial charge in [-0.3, -0.25) is 0 Å². The zero-order chi connectivity index (χ0) is 19.0. The molecule has 0 amide bonds. The first-order valence-corrected chi connectivity index (χ1v) is 8.17. The third-order valence-corrected chi connectivity index (χ3v) is 4.62. The van der Waals surface area contributed by atoms with Crippen molar-refractivity contribution >= 4 is 11.3 Å². The van der Waals surface area contributed by atoms with Gasteiger partial charge in [0, 0.05) is 17.5 Å². The van der Waals surface area contributed by atoms with E-state index in [4.69, 9.17) is 0 Å². The summed E-state index contributed by atoms with van der Waals surface area (Å²) < 4.78 is 76.9. The van der Waals surface area contributed by atoms with Crippen LogP contribution in [0, 0.1) is 0 Å². The second-order valence-electron chi connectivity index (χ2n) is 5.92. The molecule has 2 aromatic heterocycles. The number of halogens is 6. The van der Waals surface area contributed by atoms with Crippen molar-refractivity contribution in [3.05, 3.63) is 39.4 Å². The van der Waals surface area contributed by atoms with Crippen molar-refractivity contribution in [2.45, 2.75) is 51.4 Å². The van der Waals surface area contributed by atoms with Crippen LogP contribution in [0.15, 0.2) is 12.3 Å². The van der Waals surface area contributed by atoms with Crippen LogP contribution in [-0.2, 0) is 18.8 Å². The average molecular weight is 383 g/mol. The summed E-state index contributed by atoms with van der Waals surface area (Å²) in [6.07, 6.45) is -8.33. The fourth-order valence-corrected chi connectivity index (χ4v) is 2.91. The van der Waals surface area contributed by atoms with Crippen LogP contribution < -0.4 is 0 Å². The van der Waals surface area contributed by atoms with Gasteiger partial charge in [0.05, 0.1) is 11.2 Å². The molecule has 1 atom stereocenters. The van der Waals surface area contributed by atoms with Crippen molar-refractivity contribution in [1.82, 2.24) is 15.0 Å². The number of aromatic nitrogens is 3. The summed E-state index contributed by atoms with van der Waals surface area (Å²) >= 11 is 0.486. The molecule has 1 unspecified atom stereocenters. The predicted molar refractivity (Wildman–Crippen MR) is 80.4 cm³/mol. The lowest BCUT2D eigenvalue weighted by molar-refractivity contribution is -0.141. The summed E-state index contributed by atoms with van der Waals surface area (Å²) in [4.78, 5) is 10.5. The zero-order valence-electron chi connectivity index (χ0n) is 13.5. The van der Waals surface area contributed by atoms with E-state index in [-0.39, 0.29) is 28.9 Å². The van der Waals surface area contributed by atoms with Gasteiger partial charge in [0.1, 0.15) is 16.4 Å². The highest BCUT2D eigenvalue weighted by atomic mass is 32.1. The maximum atomic E-state index is 13.0. The minimum Gasteiger partial charge on any atom is -0.249 e. The lowest BCUT2D eigenvalue weighted by Crippen LogP contribution is -2.14. The SMILES string of the molecule is CC(C)c1nc(CC(C)c2ncc(C(F)(F)F)s2)cc(C(F)(F)F)n1. The third kappa shape index (κ3) is 4.90. The first-order valence-electron chi connectivity index (χ1n) is 7.36. The van der Waals surface area contributed by atoms with Crippen molar-refractivity contribution in [1.29, 1.82) is 0 Å². The van der Waals surface area contributed by atoms with Crippen molar-refractivity contribution < 1.29 is 26.3 Å². The Morgan fingerprint density at radius 2 is 1.64 bits per heavy atom. The molecule has 0 bridgehead atoms. The van der Waals surface area contributed by atoms with Gasteiger partial charge in [0.15, 0.2) is 0 Å². The van der Waals surface area contributed by atoms with Gasteiger partial charge in [-0.2, -0.15) is 26.3 Å². The highest BCUT2D eigenvalue weighted by Gasteiger charge is 2.35. The van der Waals surface area contributed by atoms with Crippen LogP contribution in [0.5, 0.6) is 0 Å². The van der Waals surface area contributed by atoms with Crippen molar-refractivity contribution in [3.63, 3.8) is 0 Å². The predicted octanol–water partition coefficient (Wildman–Crippen LogP) is 5.44. The van der Waals surface area contributed by atoms with E-state index in [9.17, 15) is 26.3 Å². The van der Waals surface area contributed by atoms with Gasteiger partial charge in [-0.05, 0) is 12.5 Å². The van der Waals surface area contributed by atoms with Crippen molar-refractivity contribution in [2.75, 3.05) is 0 Å². The number of nitrogens with zero attached hydrogens (tertiary/aromatic N) is 3. The van der Waals surface area contributed by atoms with Gasteiger partial charge in [-0.1, -0.05) is 20.8 Å². The second kappa shape index (κ2) is 6.89. The lowest BCUT2D eigenvalue weighted by Gasteiger charge is -2.14. The Morgan fingerprint density at radius 1 is 1.00 bits per heavy atom. The molecular weight excluding hydrogens is 368 g/mol. The summed E-state index contributed by atoms with van der Waals surface area (Å²) in [5.41, 5.74) is -0.925. The second-order valence-corrected chi connectivity index (χ2v) is 6.98. The molecule has 2 heterocycles. The number of hydrogen-bond donors (Lipinski definition) is 0. The van der Waals surface area contributed by atoms with Crippen LogP contribution in [0.4, 0.5) is 26.3 Å². The first-order chi connectivity index (χ1) is 11.4. The summed E-state index contributed by atoms with van der Waals surface area (Å²) in [5, 5.41) is 0.200. The van der Waals surface area contributed by atoms with Gasteiger partial charge in [-0.15, -0.1) is 11.3 Å². The maximum absolute atomic E-state index is 13.0. The quantitative estimate of drug-likeness (QED) is 0.660. The van der Waals surface area contributed by atoms with Crippen molar-refractivity contribution in [3.8, 4) is 0 Å². The first kappa shape index (κ1) is 19.6. The van der Waals surface area contributed by atoms with Crippen LogP contribution in [0.25, 0.3) is 0 Å². The molecule has 0 spiro atoms. The molecule has 0 aliphatic heterocycles. The third-order valence-electron chi connectivity index (χ3n) is 3.34. The van der Waals surface area contributed by atoms with Crippen LogP contribution in [0.2, 0.25) is 0 Å². The number of hydrogen-bond acceptors (Lipinski definition) is 4. The molecular formula is C15H15F6N3S. The van der Waals surface area contributed by atoms with Crippen LogP contribution in [0.3, 0.4) is 0 Å². The van der Waals surface area contributed by atoms with E-state index in [1.807, 2.05) is 0 Å². The van der Waals surface area contributed by atoms with Crippen LogP contribution >= 0.6 is 11.3 Å². The molecule has 0 aliphatic carbocycles. The molecule has 2 aromatic rings. The summed E-state index contributed by atoms with van der Waals surface area (Å²) in [6.45, 7) is 4.93. The van der Waals surface area contributed by atoms with E-state index in [0.29, 0.717) is 11.3 Å². The van der Waals surface area contributed by atoms with Gasteiger partial charge < -0.3 is 0 Å². The van der Waals surface area contributed by atoms with E-state index in [1.165, 1.54) is 0 Å². The van der Waals surface area contributed by atoms with Crippen LogP contribution in [0.1, 0.15) is 59.7 Å². The Balaban J connectivity index is 2.29. The normalized spacial score (nSPS) is 14.2. The topological polar surface area (TPSA) is 38.7 Å². The number of rotatable bonds is 4. The Morgan fingerprint density at radius 3 is 2.12 bits per heavy atom. The monoisotopic (exact) mass is 383 g/mol. The fraction of sp³-hybridized carbons (Fsp3) is 0.533. The van der Waals surface area contributed by atoms with Gasteiger partial charge in [-0.25, -0.2) is 15.0 Å².